The lowest BCUT2D eigenvalue weighted by Crippen LogP contribution is -2.47. The molecule has 2 saturated heterocycles. The third kappa shape index (κ3) is 2.45. The van der Waals surface area contributed by atoms with Crippen molar-refractivity contribution in [3.8, 4) is 0 Å². The Hall–Kier alpha value is -0.460. The molecule has 0 radical (unpaired) electrons. The number of aliphatic hydroxyl groups excluding tert-OH is 1. The quantitative estimate of drug-likeness (QED) is 0.673. The Morgan fingerprint density at radius 3 is 2.21 bits per heavy atom. The van der Waals surface area contributed by atoms with Gasteiger partial charge in [0.05, 0.1) is 6.10 Å². The van der Waals surface area contributed by atoms with Crippen LogP contribution in [0.5, 0.6) is 0 Å². The van der Waals surface area contributed by atoms with E-state index < -0.39 is 17.7 Å². The fourth-order valence-corrected chi connectivity index (χ4v) is 3.08. The molecule has 0 aromatic heterocycles. The van der Waals surface area contributed by atoms with Crippen molar-refractivity contribution in [2.45, 2.75) is 76.2 Å². The molecule has 2 aliphatic heterocycles. The number of hydrogen-bond donors (Lipinski definition) is 1. The second-order valence-electron chi connectivity index (χ2n) is 6.36. The van der Waals surface area contributed by atoms with Gasteiger partial charge >= 0.3 is 0 Å². The molecule has 0 bridgehead atoms. The molecule has 0 spiro atoms. The van der Waals surface area contributed by atoms with Gasteiger partial charge in [-0.15, -0.1) is 0 Å². The maximum atomic E-state index is 10.2. The summed E-state index contributed by atoms with van der Waals surface area (Å²) in [5, 5.41) is 10.2. The molecule has 3 aliphatic rings. The van der Waals surface area contributed by atoms with E-state index in [0.717, 1.165) is 0 Å². The minimum absolute atomic E-state index is 0.160. The van der Waals surface area contributed by atoms with E-state index in [2.05, 4.69) is 0 Å². The van der Waals surface area contributed by atoms with Gasteiger partial charge in [0.15, 0.2) is 11.6 Å². The highest BCUT2D eigenvalue weighted by atomic mass is 16.8. The first-order valence-corrected chi connectivity index (χ1v) is 6.83. The third-order valence-corrected chi connectivity index (χ3v) is 3.73. The fourth-order valence-electron chi connectivity index (χ4n) is 3.08. The second kappa shape index (κ2) is 4.27. The van der Waals surface area contributed by atoms with Crippen molar-refractivity contribution in [2.75, 3.05) is 0 Å². The molecule has 5 heteroatoms. The molecule has 2 fully saturated rings. The van der Waals surface area contributed by atoms with Gasteiger partial charge in [-0.2, -0.15) is 0 Å². The number of hydrogen-bond acceptors (Lipinski definition) is 5. The number of aliphatic hydroxyl groups is 1. The first-order chi connectivity index (χ1) is 8.77. The molecule has 108 valence electrons. The molecule has 0 unspecified atom stereocenters. The highest BCUT2D eigenvalue weighted by Gasteiger charge is 2.55. The summed E-state index contributed by atoms with van der Waals surface area (Å²) >= 11 is 0. The number of fused-ring (bicyclic) bond motifs is 3. The predicted octanol–water partition coefficient (Wildman–Crippen LogP) is 1.35. The minimum atomic E-state index is -0.707. The second-order valence-corrected chi connectivity index (χ2v) is 6.36. The van der Waals surface area contributed by atoms with E-state index in [9.17, 15) is 5.11 Å². The average molecular weight is 270 g/mol. The molecule has 3 rings (SSSR count). The first kappa shape index (κ1) is 13.5. The molecular weight excluding hydrogens is 248 g/mol. The zero-order chi connectivity index (χ0) is 13.8. The van der Waals surface area contributed by atoms with Crippen LogP contribution in [0, 0.1) is 0 Å². The topological polar surface area (TPSA) is 57.2 Å². The summed E-state index contributed by atoms with van der Waals surface area (Å²) in [7, 11) is 0. The summed E-state index contributed by atoms with van der Waals surface area (Å²) in [4.78, 5) is 0. The molecule has 0 aromatic rings. The van der Waals surface area contributed by atoms with Crippen molar-refractivity contribution < 1.29 is 24.1 Å². The molecule has 2 heterocycles. The van der Waals surface area contributed by atoms with E-state index in [4.69, 9.17) is 18.9 Å². The van der Waals surface area contributed by atoms with Crippen LogP contribution in [0.1, 0.15) is 34.1 Å². The highest BCUT2D eigenvalue weighted by molar-refractivity contribution is 5.08. The van der Waals surface area contributed by atoms with Gasteiger partial charge in [0.2, 0.25) is 0 Å². The van der Waals surface area contributed by atoms with Crippen molar-refractivity contribution in [1.29, 1.82) is 0 Å². The van der Waals surface area contributed by atoms with Crippen LogP contribution in [-0.2, 0) is 18.9 Å². The normalized spacial score (nSPS) is 49.0. The van der Waals surface area contributed by atoms with Gasteiger partial charge < -0.3 is 24.1 Å². The van der Waals surface area contributed by atoms with Crippen molar-refractivity contribution in [3.63, 3.8) is 0 Å². The van der Waals surface area contributed by atoms with E-state index in [1.165, 1.54) is 0 Å². The molecule has 0 saturated carbocycles. The molecular formula is C14H22O5. The molecule has 0 amide bonds. The lowest BCUT2D eigenvalue weighted by Gasteiger charge is -2.28. The molecule has 5 atom stereocenters. The van der Waals surface area contributed by atoms with Crippen molar-refractivity contribution in [2.24, 2.45) is 0 Å². The zero-order valence-electron chi connectivity index (χ0n) is 11.8. The molecule has 0 aromatic carbocycles. The lowest BCUT2D eigenvalue weighted by atomic mass is 9.94. The van der Waals surface area contributed by atoms with Crippen molar-refractivity contribution in [1.82, 2.24) is 0 Å². The lowest BCUT2D eigenvalue weighted by molar-refractivity contribution is -0.175. The third-order valence-electron chi connectivity index (χ3n) is 3.73. The molecule has 19 heavy (non-hydrogen) atoms. The van der Waals surface area contributed by atoms with Gasteiger partial charge in [-0.3, -0.25) is 0 Å². The molecule has 1 N–H and O–H groups in total. The zero-order valence-corrected chi connectivity index (χ0v) is 11.8. The largest absolute Gasteiger partial charge is 0.390 e. The SMILES string of the molecule is CC1(C)O[C@H]2[C@@H]3OC(C)(C)O[C@H]3/C=C\C[C@H](O)[C@H]2O1. The monoisotopic (exact) mass is 270 g/mol. The van der Waals surface area contributed by atoms with Gasteiger partial charge in [0.25, 0.3) is 0 Å². The Morgan fingerprint density at radius 1 is 0.895 bits per heavy atom. The van der Waals surface area contributed by atoms with E-state index in [0.29, 0.717) is 6.42 Å². The summed E-state index contributed by atoms with van der Waals surface area (Å²) in [6.07, 6.45) is 2.71. The predicted molar refractivity (Wildman–Crippen MR) is 67.4 cm³/mol. The van der Waals surface area contributed by atoms with E-state index >= 15 is 0 Å². The van der Waals surface area contributed by atoms with Crippen LogP contribution in [0.2, 0.25) is 0 Å². The Balaban J connectivity index is 1.92. The first-order valence-electron chi connectivity index (χ1n) is 6.83. The van der Waals surface area contributed by atoms with E-state index in [1.807, 2.05) is 39.8 Å². The summed E-state index contributed by atoms with van der Waals surface area (Å²) in [5.41, 5.74) is 0. The average Bonchev–Trinajstić information content (AvgIpc) is 2.74. The number of rotatable bonds is 0. The van der Waals surface area contributed by atoms with E-state index in [1.54, 1.807) is 0 Å². The summed E-state index contributed by atoms with van der Waals surface area (Å²) in [5.74, 6) is -1.35. The molecule has 5 nitrogen and oxygen atoms in total. The van der Waals surface area contributed by atoms with Gasteiger partial charge in [-0.25, -0.2) is 0 Å². The van der Waals surface area contributed by atoms with Crippen molar-refractivity contribution in [3.05, 3.63) is 12.2 Å². The van der Waals surface area contributed by atoms with Crippen LogP contribution in [0.25, 0.3) is 0 Å². The van der Waals surface area contributed by atoms with Gasteiger partial charge in [0, 0.05) is 0 Å². The summed E-state index contributed by atoms with van der Waals surface area (Å²) in [6.45, 7) is 7.48. The van der Waals surface area contributed by atoms with Crippen LogP contribution in [0.4, 0.5) is 0 Å². The Bertz CT molecular complexity index is 389. The van der Waals surface area contributed by atoms with Gasteiger partial charge in [0.1, 0.15) is 24.4 Å². The van der Waals surface area contributed by atoms with Crippen LogP contribution < -0.4 is 0 Å². The van der Waals surface area contributed by atoms with Gasteiger partial charge in [-0.1, -0.05) is 12.2 Å². The standard InChI is InChI=1S/C14H22O5/c1-13(2)16-9-7-5-6-8(15)10-12(11(9)18-13)19-14(3,4)17-10/h5,7-12,15H,6H2,1-4H3/b7-5-/t8-,9-,10+,11+,12+/m0/s1. The highest BCUT2D eigenvalue weighted by Crippen LogP contribution is 2.41. The van der Waals surface area contributed by atoms with Crippen LogP contribution in [-0.4, -0.2) is 47.2 Å². The summed E-state index contributed by atoms with van der Waals surface area (Å²) < 4.78 is 23.6. The van der Waals surface area contributed by atoms with Crippen LogP contribution >= 0.6 is 0 Å². The fraction of sp³-hybridized carbons (Fsp3) is 0.857. The maximum absolute atomic E-state index is 10.2. The maximum Gasteiger partial charge on any atom is 0.164 e. The number of ether oxygens (including phenoxy) is 4. The van der Waals surface area contributed by atoms with Crippen LogP contribution in [0.3, 0.4) is 0 Å². The van der Waals surface area contributed by atoms with Crippen LogP contribution in [0.15, 0.2) is 12.2 Å². The Labute approximate surface area is 113 Å². The smallest absolute Gasteiger partial charge is 0.164 e. The Morgan fingerprint density at radius 2 is 1.47 bits per heavy atom. The Kier molecular flexibility index (Phi) is 3.04. The van der Waals surface area contributed by atoms with Crippen molar-refractivity contribution >= 4 is 0 Å². The van der Waals surface area contributed by atoms with E-state index in [-0.39, 0.29) is 24.4 Å². The minimum Gasteiger partial charge on any atom is -0.390 e. The van der Waals surface area contributed by atoms with Gasteiger partial charge in [-0.05, 0) is 34.1 Å². The molecule has 1 aliphatic carbocycles. The summed E-state index contributed by atoms with van der Waals surface area (Å²) in [6, 6.07) is 0.